The minimum Gasteiger partial charge on any atom is -0.387 e. The first-order valence-corrected chi connectivity index (χ1v) is 6.20. The lowest BCUT2D eigenvalue weighted by Gasteiger charge is -2.11. The Labute approximate surface area is 116 Å². The molecule has 0 bridgehead atoms. The van der Waals surface area contributed by atoms with Crippen molar-refractivity contribution in [1.82, 2.24) is 4.98 Å². The number of nitrogens with zero attached hydrogens (tertiary/aromatic N) is 1. The zero-order chi connectivity index (χ0) is 13.8. The van der Waals surface area contributed by atoms with Crippen molar-refractivity contribution in [3.63, 3.8) is 0 Å². The maximum Gasteiger partial charge on any atom is 0.257 e. The quantitative estimate of drug-likeness (QED) is 0.903. The highest BCUT2D eigenvalue weighted by molar-refractivity contribution is 6.31. The zero-order valence-electron chi connectivity index (χ0n) is 10.7. The summed E-state index contributed by atoms with van der Waals surface area (Å²) >= 11 is 5.93. The van der Waals surface area contributed by atoms with E-state index in [0.29, 0.717) is 16.3 Å². The van der Waals surface area contributed by atoms with E-state index in [1.54, 1.807) is 37.5 Å². The molecule has 5 heteroatoms. The van der Waals surface area contributed by atoms with Gasteiger partial charge in [0.25, 0.3) is 5.91 Å². The molecule has 0 atom stereocenters. The second kappa shape index (κ2) is 5.71. The van der Waals surface area contributed by atoms with Crippen LogP contribution in [0.25, 0.3) is 0 Å². The molecule has 98 valence electrons. The number of aryl methyl sites for hydroxylation is 1. The summed E-state index contributed by atoms with van der Waals surface area (Å²) in [6.07, 6.45) is 1.68. The van der Waals surface area contributed by atoms with Gasteiger partial charge in [-0.1, -0.05) is 11.6 Å². The van der Waals surface area contributed by atoms with Gasteiger partial charge in [-0.2, -0.15) is 0 Å². The molecule has 0 unspecified atom stereocenters. The monoisotopic (exact) mass is 275 g/mol. The van der Waals surface area contributed by atoms with Crippen molar-refractivity contribution in [2.75, 3.05) is 17.7 Å². The fraction of sp³-hybridized carbons (Fsp3) is 0.143. The highest BCUT2D eigenvalue weighted by atomic mass is 35.5. The Balaban J connectivity index is 2.30. The molecule has 0 aliphatic heterocycles. The van der Waals surface area contributed by atoms with Gasteiger partial charge in [-0.15, -0.1) is 0 Å². The summed E-state index contributed by atoms with van der Waals surface area (Å²) in [5, 5.41) is 6.32. The predicted octanol–water partition coefficient (Wildman–Crippen LogP) is 3.34. The summed E-state index contributed by atoms with van der Waals surface area (Å²) in [5.41, 5.74) is 2.68. The average Bonchev–Trinajstić information content (AvgIpc) is 2.41. The number of anilines is 2. The minimum absolute atomic E-state index is 0.219. The largest absolute Gasteiger partial charge is 0.387 e. The Morgan fingerprint density at radius 1 is 1.26 bits per heavy atom. The van der Waals surface area contributed by atoms with E-state index in [1.807, 2.05) is 13.0 Å². The predicted molar refractivity (Wildman–Crippen MR) is 77.9 cm³/mol. The summed E-state index contributed by atoms with van der Waals surface area (Å²) in [6.45, 7) is 1.84. The van der Waals surface area contributed by atoms with Crippen LogP contribution in [0.3, 0.4) is 0 Å². The molecular weight excluding hydrogens is 262 g/mol. The summed E-state index contributed by atoms with van der Waals surface area (Å²) in [7, 11) is 1.76. The maximum absolute atomic E-state index is 12.3. The number of halogens is 1. The molecule has 0 fully saturated rings. The van der Waals surface area contributed by atoms with Gasteiger partial charge in [-0.05, 0) is 37.3 Å². The van der Waals surface area contributed by atoms with Crippen molar-refractivity contribution < 1.29 is 4.79 Å². The van der Waals surface area contributed by atoms with Crippen LogP contribution in [-0.2, 0) is 0 Å². The lowest BCUT2D eigenvalue weighted by molar-refractivity contribution is 0.102. The van der Waals surface area contributed by atoms with Crippen LogP contribution >= 0.6 is 11.6 Å². The van der Waals surface area contributed by atoms with E-state index in [1.165, 1.54) is 0 Å². The molecule has 1 aromatic heterocycles. The maximum atomic E-state index is 12.3. The third-order valence-electron chi connectivity index (χ3n) is 2.75. The van der Waals surface area contributed by atoms with Crippen LogP contribution < -0.4 is 10.6 Å². The number of amides is 1. The summed E-state index contributed by atoms with van der Waals surface area (Å²) in [5.74, 6) is -0.219. The molecule has 4 nitrogen and oxygen atoms in total. The molecule has 0 aliphatic carbocycles. The van der Waals surface area contributed by atoms with E-state index < -0.39 is 0 Å². The van der Waals surface area contributed by atoms with Crippen LogP contribution in [0.2, 0.25) is 5.02 Å². The van der Waals surface area contributed by atoms with E-state index in [0.717, 1.165) is 11.4 Å². The molecule has 1 heterocycles. The SMILES string of the molecule is CNc1ccc(Cl)cc1C(=O)Nc1cccnc1C. The first-order valence-electron chi connectivity index (χ1n) is 5.82. The van der Waals surface area contributed by atoms with Gasteiger partial charge in [0.1, 0.15) is 0 Å². The molecule has 0 saturated carbocycles. The number of rotatable bonds is 3. The molecular formula is C14H14ClN3O. The Kier molecular flexibility index (Phi) is 4.02. The Hall–Kier alpha value is -2.07. The zero-order valence-corrected chi connectivity index (χ0v) is 11.5. The molecule has 19 heavy (non-hydrogen) atoms. The van der Waals surface area contributed by atoms with E-state index in [9.17, 15) is 4.79 Å². The topological polar surface area (TPSA) is 54.0 Å². The number of carbonyl (C=O) groups is 1. The lowest BCUT2D eigenvalue weighted by atomic mass is 10.1. The second-order valence-electron chi connectivity index (χ2n) is 4.03. The Morgan fingerprint density at radius 3 is 2.74 bits per heavy atom. The Bertz CT molecular complexity index is 613. The van der Waals surface area contributed by atoms with Gasteiger partial charge in [0, 0.05) is 24.0 Å². The van der Waals surface area contributed by atoms with Gasteiger partial charge in [-0.25, -0.2) is 0 Å². The summed E-state index contributed by atoms with van der Waals surface area (Å²) < 4.78 is 0. The summed E-state index contributed by atoms with van der Waals surface area (Å²) in [4.78, 5) is 16.4. The molecule has 1 aromatic carbocycles. The Morgan fingerprint density at radius 2 is 2.05 bits per heavy atom. The summed E-state index contributed by atoms with van der Waals surface area (Å²) in [6, 6.07) is 8.73. The molecule has 0 saturated heterocycles. The van der Waals surface area contributed by atoms with E-state index in [4.69, 9.17) is 11.6 Å². The first kappa shape index (κ1) is 13.4. The number of carbonyl (C=O) groups excluding carboxylic acids is 1. The van der Waals surface area contributed by atoms with Crippen LogP contribution in [0, 0.1) is 6.92 Å². The molecule has 0 aliphatic rings. The smallest absolute Gasteiger partial charge is 0.257 e. The van der Waals surface area contributed by atoms with E-state index in [-0.39, 0.29) is 5.91 Å². The van der Waals surface area contributed by atoms with Crippen molar-refractivity contribution in [3.05, 3.63) is 52.8 Å². The first-order chi connectivity index (χ1) is 9.11. The lowest BCUT2D eigenvalue weighted by Crippen LogP contribution is -2.15. The van der Waals surface area contributed by atoms with Crippen molar-refractivity contribution >= 4 is 28.9 Å². The molecule has 2 aromatic rings. The molecule has 0 spiro atoms. The number of aromatic nitrogens is 1. The standard InChI is InChI=1S/C14H14ClN3O/c1-9-12(4-3-7-17-9)18-14(19)11-8-10(15)5-6-13(11)16-2/h3-8,16H,1-2H3,(H,18,19). The van der Waals surface area contributed by atoms with Crippen LogP contribution in [0.5, 0.6) is 0 Å². The fourth-order valence-corrected chi connectivity index (χ4v) is 1.90. The highest BCUT2D eigenvalue weighted by Crippen LogP contribution is 2.22. The normalized spacial score (nSPS) is 10.1. The number of hydrogen-bond acceptors (Lipinski definition) is 3. The van der Waals surface area contributed by atoms with Crippen LogP contribution in [0.4, 0.5) is 11.4 Å². The van der Waals surface area contributed by atoms with Crippen LogP contribution in [0.15, 0.2) is 36.5 Å². The highest BCUT2D eigenvalue weighted by Gasteiger charge is 2.12. The fourth-order valence-electron chi connectivity index (χ4n) is 1.73. The van der Waals surface area contributed by atoms with Gasteiger partial charge in [0.05, 0.1) is 16.9 Å². The molecule has 2 N–H and O–H groups in total. The van der Waals surface area contributed by atoms with Gasteiger partial charge >= 0.3 is 0 Å². The third-order valence-corrected chi connectivity index (χ3v) is 2.99. The second-order valence-corrected chi connectivity index (χ2v) is 4.47. The van der Waals surface area contributed by atoms with E-state index >= 15 is 0 Å². The van der Waals surface area contributed by atoms with E-state index in [2.05, 4.69) is 15.6 Å². The number of nitrogens with one attached hydrogen (secondary N) is 2. The van der Waals surface area contributed by atoms with Crippen LogP contribution in [-0.4, -0.2) is 17.9 Å². The molecule has 1 amide bonds. The van der Waals surface area contributed by atoms with Gasteiger partial charge in [0.15, 0.2) is 0 Å². The van der Waals surface area contributed by atoms with Gasteiger partial charge < -0.3 is 10.6 Å². The van der Waals surface area contributed by atoms with Crippen molar-refractivity contribution in [2.24, 2.45) is 0 Å². The number of hydrogen-bond donors (Lipinski definition) is 2. The molecule has 2 rings (SSSR count). The number of benzene rings is 1. The van der Waals surface area contributed by atoms with Crippen molar-refractivity contribution in [1.29, 1.82) is 0 Å². The van der Waals surface area contributed by atoms with Crippen LogP contribution in [0.1, 0.15) is 16.1 Å². The van der Waals surface area contributed by atoms with Crippen molar-refractivity contribution in [3.8, 4) is 0 Å². The minimum atomic E-state index is -0.219. The van der Waals surface area contributed by atoms with Gasteiger partial charge in [-0.3, -0.25) is 9.78 Å². The number of pyridine rings is 1. The average molecular weight is 276 g/mol. The van der Waals surface area contributed by atoms with Crippen molar-refractivity contribution in [2.45, 2.75) is 6.92 Å². The van der Waals surface area contributed by atoms with Gasteiger partial charge in [0.2, 0.25) is 0 Å². The molecule has 0 radical (unpaired) electrons. The third kappa shape index (κ3) is 3.03.